The van der Waals surface area contributed by atoms with E-state index < -0.39 is 0 Å². The zero-order valence-electron chi connectivity index (χ0n) is 2.51. The first-order valence-corrected chi connectivity index (χ1v) is 3.10. The van der Waals surface area contributed by atoms with Gasteiger partial charge in [-0.15, -0.1) is 0 Å². The second-order valence-electron chi connectivity index (χ2n) is 0.623. The van der Waals surface area contributed by atoms with E-state index in [1.54, 1.807) is 6.21 Å². The number of hydrogen-bond donors (Lipinski definition) is 1. The predicted molar refractivity (Wildman–Crippen MR) is 23.4 cm³/mol. The zero-order valence-corrected chi connectivity index (χ0v) is 4.22. The Morgan fingerprint density at radius 2 is 2.80 bits per heavy atom. The molecule has 0 aromatic heterocycles. The molecule has 0 amide bonds. The molecule has 0 saturated carbocycles. The number of rotatable bonds is 0. The van der Waals surface area contributed by atoms with Crippen LogP contribution in [0.3, 0.4) is 0 Å². The van der Waals surface area contributed by atoms with Crippen LogP contribution in [0.15, 0.2) is 5.10 Å². The summed E-state index contributed by atoms with van der Waals surface area (Å²) in [5.74, 6) is 0. The van der Waals surface area contributed by atoms with Gasteiger partial charge in [0.15, 0.2) is 0 Å². The first-order valence-electron chi connectivity index (χ1n) is 1.25. The van der Waals surface area contributed by atoms with Crippen molar-refractivity contribution in [3.63, 3.8) is 0 Å². The molecular formula is C2H3N2Se. The van der Waals surface area contributed by atoms with Gasteiger partial charge in [-0.2, -0.15) is 0 Å². The summed E-state index contributed by atoms with van der Waals surface area (Å²) in [5, 5.41) is 3.68. The van der Waals surface area contributed by atoms with Crippen molar-refractivity contribution in [3.05, 3.63) is 0 Å². The van der Waals surface area contributed by atoms with Gasteiger partial charge >= 0.3 is 35.4 Å². The van der Waals surface area contributed by atoms with Crippen LogP contribution in [0.1, 0.15) is 0 Å². The van der Waals surface area contributed by atoms with Gasteiger partial charge in [0.05, 0.1) is 0 Å². The van der Waals surface area contributed by atoms with Crippen LogP contribution in [0.2, 0.25) is 0 Å². The molecule has 27 valence electrons. The SMILES string of the molecule is C1=NN[Se]=C1. The maximum absolute atomic E-state index is 3.68. The van der Waals surface area contributed by atoms with Crippen LogP contribution in [0.5, 0.6) is 0 Å². The summed E-state index contributed by atoms with van der Waals surface area (Å²) in [7, 11) is 0. The first kappa shape index (κ1) is 3.07. The van der Waals surface area contributed by atoms with Gasteiger partial charge in [-0.3, -0.25) is 0 Å². The van der Waals surface area contributed by atoms with Gasteiger partial charge in [0.1, 0.15) is 0 Å². The second kappa shape index (κ2) is 1.34. The van der Waals surface area contributed by atoms with E-state index in [1.807, 2.05) is 4.92 Å². The predicted octanol–water partition coefficient (Wildman–Crippen LogP) is -1.00. The molecule has 0 bridgehead atoms. The molecule has 0 aromatic carbocycles. The Morgan fingerprint density at radius 1 is 1.80 bits per heavy atom. The molecule has 2 nitrogen and oxygen atoms in total. The molecule has 1 radical (unpaired) electrons. The molecule has 1 rings (SSSR count). The molecule has 0 saturated heterocycles. The molecule has 0 atom stereocenters. The fourth-order valence-corrected chi connectivity index (χ4v) is 0.791. The van der Waals surface area contributed by atoms with Crippen molar-refractivity contribution in [3.8, 4) is 0 Å². The second-order valence-corrected chi connectivity index (χ2v) is 2.07. The molecule has 1 aliphatic heterocycles. The molecule has 0 spiro atoms. The van der Waals surface area contributed by atoms with Crippen molar-refractivity contribution in [2.75, 3.05) is 0 Å². The third-order valence-corrected chi connectivity index (χ3v) is 1.29. The van der Waals surface area contributed by atoms with Gasteiger partial charge in [-0.25, -0.2) is 0 Å². The van der Waals surface area contributed by atoms with Crippen LogP contribution in [-0.2, 0) is 0 Å². The number of hydrazone groups is 1. The summed E-state index contributed by atoms with van der Waals surface area (Å²) >= 11 is 0.472. The van der Waals surface area contributed by atoms with Crippen molar-refractivity contribution in [2.24, 2.45) is 5.10 Å². The van der Waals surface area contributed by atoms with Crippen molar-refractivity contribution in [1.82, 2.24) is 4.44 Å². The average molecular weight is 134 g/mol. The van der Waals surface area contributed by atoms with Crippen molar-refractivity contribution in [1.29, 1.82) is 0 Å². The first-order chi connectivity index (χ1) is 2.50. The van der Waals surface area contributed by atoms with E-state index in [9.17, 15) is 0 Å². The van der Waals surface area contributed by atoms with Crippen LogP contribution in [-0.4, -0.2) is 25.9 Å². The van der Waals surface area contributed by atoms with Crippen LogP contribution in [0, 0.1) is 0 Å². The van der Waals surface area contributed by atoms with Gasteiger partial charge < -0.3 is 0 Å². The van der Waals surface area contributed by atoms with Gasteiger partial charge in [0.25, 0.3) is 0 Å². The number of nitrogens with zero attached hydrogens (tertiary/aromatic N) is 1. The fourth-order valence-electron chi connectivity index (χ4n) is 0.152. The van der Waals surface area contributed by atoms with E-state index in [1.165, 1.54) is 0 Å². The van der Waals surface area contributed by atoms with Crippen molar-refractivity contribution < 1.29 is 0 Å². The minimum atomic E-state index is 0.472. The zero-order chi connectivity index (χ0) is 3.54. The van der Waals surface area contributed by atoms with E-state index in [0.29, 0.717) is 14.7 Å². The standard InChI is InChI=1S/C2H3N2Se/c1-2-5-4-3-1/h1-2,4H. The van der Waals surface area contributed by atoms with E-state index >= 15 is 0 Å². The molecule has 1 aliphatic rings. The molecular weight excluding hydrogens is 131 g/mol. The van der Waals surface area contributed by atoms with Crippen molar-refractivity contribution >= 4 is 25.9 Å². The van der Waals surface area contributed by atoms with E-state index in [2.05, 4.69) is 9.54 Å². The Balaban J connectivity index is 2.61. The van der Waals surface area contributed by atoms with E-state index in [-0.39, 0.29) is 0 Å². The fraction of sp³-hybridized carbons (Fsp3) is 0. The summed E-state index contributed by atoms with van der Waals surface area (Å²) in [6.45, 7) is 0. The Labute approximate surface area is 36.2 Å². The quantitative estimate of drug-likeness (QED) is 0.422. The summed E-state index contributed by atoms with van der Waals surface area (Å²) < 4.78 is 2.80. The molecule has 0 unspecified atom stereocenters. The molecule has 1 N–H and O–H groups in total. The minimum absolute atomic E-state index is 0.472. The van der Waals surface area contributed by atoms with Gasteiger partial charge in [-0.05, 0) is 0 Å². The topological polar surface area (TPSA) is 24.4 Å². The molecule has 0 fully saturated rings. The van der Waals surface area contributed by atoms with Crippen molar-refractivity contribution in [2.45, 2.75) is 0 Å². The Kier molecular flexibility index (Phi) is 0.819. The third kappa shape index (κ3) is 0.565. The van der Waals surface area contributed by atoms with Crippen LogP contribution < -0.4 is 4.44 Å². The van der Waals surface area contributed by atoms with Crippen LogP contribution in [0.25, 0.3) is 0 Å². The number of hydrogen-bond acceptors (Lipinski definition) is 2. The normalized spacial score (nSPS) is 16.0. The van der Waals surface area contributed by atoms with E-state index in [4.69, 9.17) is 0 Å². The molecule has 3 heteroatoms. The summed E-state index contributed by atoms with van der Waals surface area (Å²) in [4.78, 5) is 2.02. The Bertz CT molecular complexity index is 65.7. The van der Waals surface area contributed by atoms with Gasteiger partial charge in [0, 0.05) is 0 Å². The molecule has 5 heavy (non-hydrogen) atoms. The average Bonchev–Trinajstić information content (AvgIpc) is 1.76. The van der Waals surface area contributed by atoms with Gasteiger partial charge in [0.2, 0.25) is 0 Å². The third-order valence-electron chi connectivity index (χ3n) is 0.309. The molecule has 1 heterocycles. The molecule has 0 aliphatic carbocycles. The molecule has 0 aromatic rings. The van der Waals surface area contributed by atoms with Crippen LogP contribution >= 0.6 is 0 Å². The summed E-state index contributed by atoms with van der Waals surface area (Å²) in [6.07, 6.45) is 1.78. The summed E-state index contributed by atoms with van der Waals surface area (Å²) in [5.41, 5.74) is 0. The van der Waals surface area contributed by atoms with Gasteiger partial charge in [-0.1, -0.05) is 0 Å². The maximum atomic E-state index is 3.68. The summed E-state index contributed by atoms with van der Waals surface area (Å²) in [6, 6.07) is 0. The van der Waals surface area contributed by atoms with E-state index in [0.717, 1.165) is 0 Å². The Hall–Kier alpha value is -0.141. The van der Waals surface area contributed by atoms with Crippen LogP contribution in [0.4, 0.5) is 0 Å². The Morgan fingerprint density at radius 3 is 3.00 bits per heavy atom. The number of nitrogens with one attached hydrogen (secondary N) is 1. The monoisotopic (exact) mass is 135 g/mol.